The van der Waals surface area contributed by atoms with Gasteiger partial charge in [-0.05, 0) is 6.42 Å². The summed E-state index contributed by atoms with van der Waals surface area (Å²) >= 11 is 0.580. The molecule has 0 aliphatic heterocycles. The zero-order chi connectivity index (χ0) is 12.8. The van der Waals surface area contributed by atoms with Crippen LogP contribution in [0, 0.1) is 0 Å². The highest BCUT2D eigenvalue weighted by molar-refractivity contribution is 8.13. The average molecular weight is 264 g/mol. The lowest BCUT2D eigenvalue weighted by molar-refractivity contribution is -0.215. The summed E-state index contributed by atoms with van der Waals surface area (Å²) in [5.41, 5.74) is 0. The molecule has 0 aliphatic carbocycles. The van der Waals surface area contributed by atoms with Gasteiger partial charge in [-0.25, -0.2) is 4.39 Å². The van der Waals surface area contributed by atoms with Crippen molar-refractivity contribution in [1.82, 2.24) is 0 Å². The Kier molecular flexibility index (Phi) is 6.28. The van der Waals surface area contributed by atoms with Crippen LogP contribution < -0.4 is 0 Å². The molecular weight excluding hydrogens is 251 g/mol. The first-order valence-electron chi connectivity index (χ1n) is 4.74. The molecule has 0 heterocycles. The molecule has 0 N–H and O–H groups in total. The standard InChI is InChI=1S/C9H13F5OS/c1-2-3-4-16-7(15)5-8(11,12)9(13,14)6-10/h2-6H2,1H3. The molecule has 1 nitrogen and oxygen atoms in total. The molecule has 0 saturated heterocycles. The molecule has 0 atom stereocenters. The van der Waals surface area contributed by atoms with Gasteiger partial charge in [0.15, 0.2) is 11.8 Å². The number of alkyl halides is 5. The molecule has 0 spiro atoms. The van der Waals surface area contributed by atoms with Crippen molar-refractivity contribution < 1.29 is 26.7 Å². The highest BCUT2D eigenvalue weighted by Gasteiger charge is 2.57. The van der Waals surface area contributed by atoms with E-state index in [0.717, 1.165) is 6.42 Å². The first-order valence-corrected chi connectivity index (χ1v) is 5.72. The molecule has 0 aromatic heterocycles. The Morgan fingerprint density at radius 1 is 1.19 bits per heavy atom. The second kappa shape index (κ2) is 6.42. The van der Waals surface area contributed by atoms with Gasteiger partial charge in [-0.3, -0.25) is 4.79 Å². The molecule has 0 saturated carbocycles. The average Bonchev–Trinajstić information content (AvgIpc) is 2.17. The molecule has 96 valence electrons. The number of thioether (sulfide) groups is 1. The fraction of sp³-hybridized carbons (Fsp3) is 0.889. The molecule has 0 radical (unpaired) electrons. The fourth-order valence-electron chi connectivity index (χ4n) is 0.790. The second-order valence-electron chi connectivity index (χ2n) is 3.29. The van der Waals surface area contributed by atoms with Gasteiger partial charge in [0, 0.05) is 5.75 Å². The number of hydrogen-bond acceptors (Lipinski definition) is 2. The number of hydrogen-bond donors (Lipinski definition) is 0. The Bertz CT molecular complexity index is 232. The molecule has 0 aromatic carbocycles. The van der Waals surface area contributed by atoms with E-state index in [1.54, 1.807) is 0 Å². The van der Waals surface area contributed by atoms with Crippen LogP contribution in [0.3, 0.4) is 0 Å². The number of halogens is 5. The fourth-order valence-corrected chi connectivity index (χ4v) is 1.73. The monoisotopic (exact) mass is 264 g/mol. The van der Waals surface area contributed by atoms with E-state index in [0.29, 0.717) is 23.9 Å². The van der Waals surface area contributed by atoms with Crippen LogP contribution in [0.25, 0.3) is 0 Å². The molecule has 16 heavy (non-hydrogen) atoms. The second-order valence-corrected chi connectivity index (χ2v) is 4.45. The number of rotatable bonds is 7. The van der Waals surface area contributed by atoms with Crippen molar-refractivity contribution in [3.63, 3.8) is 0 Å². The van der Waals surface area contributed by atoms with Crippen molar-refractivity contribution in [2.45, 2.75) is 38.0 Å². The van der Waals surface area contributed by atoms with Crippen molar-refractivity contribution in [1.29, 1.82) is 0 Å². The summed E-state index contributed by atoms with van der Waals surface area (Å²) in [6.07, 6.45) is -0.211. The van der Waals surface area contributed by atoms with Gasteiger partial charge in [0.2, 0.25) is 0 Å². The number of carbonyl (C=O) groups is 1. The molecule has 7 heteroatoms. The predicted octanol–water partition coefficient (Wildman–Crippen LogP) is 3.68. The van der Waals surface area contributed by atoms with Crippen LogP contribution in [0.4, 0.5) is 22.0 Å². The summed E-state index contributed by atoms with van der Waals surface area (Å²) in [6, 6.07) is 0. The van der Waals surface area contributed by atoms with E-state index in [4.69, 9.17) is 0 Å². The van der Waals surface area contributed by atoms with Crippen molar-refractivity contribution in [2.24, 2.45) is 0 Å². The molecular formula is C9H13F5OS. The van der Waals surface area contributed by atoms with E-state index >= 15 is 0 Å². The van der Waals surface area contributed by atoms with Gasteiger partial charge in [-0.15, -0.1) is 0 Å². The van der Waals surface area contributed by atoms with Gasteiger partial charge in [-0.2, -0.15) is 17.6 Å². The molecule has 0 fully saturated rings. The van der Waals surface area contributed by atoms with E-state index in [2.05, 4.69) is 0 Å². The van der Waals surface area contributed by atoms with Crippen molar-refractivity contribution in [2.75, 3.05) is 12.4 Å². The first kappa shape index (κ1) is 15.7. The van der Waals surface area contributed by atoms with E-state index in [1.807, 2.05) is 6.92 Å². The summed E-state index contributed by atoms with van der Waals surface area (Å²) in [5, 5.41) is -1.04. The lowest BCUT2D eigenvalue weighted by Gasteiger charge is -2.23. The minimum absolute atomic E-state index is 0.312. The van der Waals surface area contributed by atoms with E-state index in [1.165, 1.54) is 0 Å². The van der Waals surface area contributed by atoms with Gasteiger partial charge in [0.25, 0.3) is 0 Å². The van der Waals surface area contributed by atoms with Crippen LogP contribution >= 0.6 is 11.8 Å². The van der Waals surface area contributed by atoms with Gasteiger partial charge >= 0.3 is 11.8 Å². The minimum Gasteiger partial charge on any atom is -0.287 e. The Balaban J connectivity index is 4.20. The maximum Gasteiger partial charge on any atom is 0.338 e. The molecule has 0 bridgehead atoms. The minimum atomic E-state index is -4.77. The predicted molar refractivity (Wildman–Crippen MR) is 52.9 cm³/mol. The molecule has 0 rings (SSSR count). The quantitative estimate of drug-likeness (QED) is 0.515. The Morgan fingerprint density at radius 2 is 1.75 bits per heavy atom. The van der Waals surface area contributed by atoms with Crippen LogP contribution in [0.1, 0.15) is 26.2 Å². The Labute approximate surface area is 94.8 Å². The van der Waals surface area contributed by atoms with Gasteiger partial charge in [0.05, 0.1) is 6.42 Å². The highest BCUT2D eigenvalue weighted by Crippen LogP contribution is 2.38. The van der Waals surface area contributed by atoms with Gasteiger partial charge in [-0.1, -0.05) is 25.1 Å². The first-order chi connectivity index (χ1) is 7.27. The van der Waals surface area contributed by atoms with Crippen LogP contribution in [-0.4, -0.2) is 29.4 Å². The van der Waals surface area contributed by atoms with Crippen LogP contribution in [0.15, 0.2) is 0 Å². The maximum atomic E-state index is 12.7. The van der Waals surface area contributed by atoms with E-state index < -0.39 is 30.1 Å². The van der Waals surface area contributed by atoms with E-state index in [-0.39, 0.29) is 0 Å². The summed E-state index contributed by atoms with van der Waals surface area (Å²) in [4.78, 5) is 10.9. The Hall–Kier alpha value is -0.330. The smallest absolute Gasteiger partial charge is 0.287 e. The lowest BCUT2D eigenvalue weighted by atomic mass is 10.1. The summed E-state index contributed by atoms with van der Waals surface area (Å²) in [5.74, 6) is -9.07. The molecule has 0 amide bonds. The zero-order valence-corrected chi connectivity index (χ0v) is 9.56. The zero-order valence-electron chi connectivity index (χ0n) is 8.74. The van der Waals surface area contributed by atoms with Crippen LogP contribution in [0.2, 0.25) is 0 Å². The lowest BCUT2D eigenvalue weighted by Crippen LogP contribution is -2.43. The van der Waals surface area contributed by atoms with Gasteiger partial charge in [0.1, 0.15) is 0 Å². The highest BCUT2D eigenvalue weighted by atomic mass is 32.2. The van der Waals surface area contributed by atoms with Gasteiger partial charge < -0.3 is 0 Å². The third kappa shape index (κ3) is 4.67. The maximum absolute atomic E-state index is 12.7. The number of unbranched alkanes of at least 4 members (excludes halogenated alkanes) is 1. The topological polar surface area (TPSA) is 17.1 Å². The van der Waals surface area contributed by atoms with Crippen LogP contribution in [0.5, 0.6) is 0 Å². The molecule has 0 aromatic rings. The van der Waals surface area contributed by atoms with Crippen molar-refractivity contribution in [3.8, 4) is 0 Å². The summed E-state index contributed by atoms with van der Waals surface area (Å²) in [7, 11) is 0. The Morgan fingerprint density at radius 3 is 2.19 bits per heavy atom. The normalized spacial score (nSPS) is 12.9. The molecule has 0 aliphatic rings. The third-order valence-corrected chi connectivity index (χ3v) is 2.79. The largest absolute Gasteiger partial charge is 0.338 e. The molecule has 0 unspecified atom stereocenters. The van der Waals surface area contributed by atoms with E-state index in [9.17, 15) is 26.7 Å². The number of carbonyl (C=O) groups excluding carboxylic acids is 1. The van der Waals surface area contributed by atoms with Crippen molar-refractivity contribution in [3.05, 3.63) is 0 Å². The third-order valence-electron chi connectivity index (χ3n) is 1.83. The van der Waals surface area contributed by atoms with Crippen molar-refractivity contribution >= 4 is 16.9 Å². The van der Waals surface area contributed by atoms with Crippen LogP contribution in [-0.2, 0) is 4.79 Å². The summed E-state index contributed by atoms with van der Waals surface area (Å²) < 4.78 is 61.9. The summed E-state index contributed by atoms with van der Waals surface area (Å²) in [6.45, 7) is -0.621. The SMILES string of the molecule is CCCCSC(=O)CC(F)(F)C(F)(F)CF.